The first-order valence-corrected chi connectivity index (χ1v) is 4.49. The van der Waals surface area contributed by atoms with Gasteiger partial charge in [0.15, 0.2) is 6.23 Å². The number of nitrogens with zero attached hydrogens (tertiary/aromatic N) is 1. The summed E-state index contributed by atoms with van der Waals surface area (Å²) in [6.07, 6.45) is 1.74. The van der Waals surface area contributed by atoms with Crippen LogP contribution in [0.4, 0.5) is 0 Å². The Balaban J connectivity index is 2.13. The van der Waals surface area contributed by atoms with Crippen molar-refractivity contribution in [3.05, 3.63) is 30.1 Å². The van der Waals surface area contributed by atoms with E-state index in [9.17, 15) is 0 Å². The van der Waals surface area contributed by atoms with E-state index < -0.39 is 0 Å². The molecule has 2 heterocycles. The van der Waals surface area contributed by atoms with Gasteiger partial charge in [-0.3, -0.25) is 10.3 Å². The largest absolute Gasteiger partial charge is 0.350 e. The zero-order valence-corrected chi connectivity index (χ0v) is 7.95. The first kappa shape index (κ1) is 8.66. The summed E-state index contributed by atoms with van der Waals surface area (Å²) in [4.78, 5) is 4.24. The molecule has 0 aliphatic carbocycles. The summed E-state index contributed by atoms with van der Waals surface area (Å²) in [6, 6.07) is 5.85. The van der Waals surface area contributed by atoms with Crippen LogP contribution < -0.4 is 5.32 Å². The third-order valence-electron chi connectivity index (χ3n) is 2.11. The molecular weight excluding hydrogens is 164 g/mol. The van der Waals surface area contributed by atoms with Crippen LogP contribution in [-0.4, -0.2) is 17.1 Å². The molecule has 0 aromatic carbocycles. The van der Waals surface area contributed by atoms with E-state index >= 15 is 0 Å². The van der Waals surface area contributed by atoms with E-state index in [0.29, 0.717) is 0 Å². The van der Waals surface area contributed by atoms with Crippen molar-refractivity contribution < 1.29 is 4.74 Å². The number of hydrogen-bond donors (Lipinski definition) is 1. The molecule has 1 aromatic heterocycles. The number of pyridine rings is 1. The third kappa shape index (κ3) is 1.87. The van der Waals surface area contributed by atoms with Gasteiger partial charge in [0.1, 0.15) is 0 Å². The van der Waals surface area contributed by atoms with Crippen molar-refractivity contribution in [2.24, 2.45) is 0 Å². The second kappa shape index (κ2) is 3.09. The van der Waals surface area contributed by atoms with Gasteiger partial charge in [-0.2, -0.15) is 0 Å². The zero-order chi connectivity index (χ0) is 9.31. The van der Waals surface area contributed by atoms with E-state index in [4.69, 9.17) is 4.74 Å². The van der Waals surface area contributed by atoms with Gasteiger partial charge in [-0.1, -0.05) is 6.07 Å². The minimum Gasteiger partial charge on any atom is -0.350 e. The fourth-order valence-electron chi connectivity index (χ4n) is 1.44. The Hall–Kier alpha value is -0.930. The van der Waals surface area contributed by atoms with Crippen LogP contribution in [0.25, 0.3) is 0 Å². The van der Waals surface area contributed by atoms with E-state index in [-0.39, 0.29) is 11.8 Å². The fraction of sp³-hybridized carbons (Fsp3) is 0.500. The van der Waals surface area contributed by atoms with Crippen LogP contribution in [0.2, 0.25) is 0 Å². The lowest BCUT2D eigenvalue weighted by Crippen LogP contribution is -2.23. The minimum absolute atomic E-state index is 0.0452. The summed E-state index contributed by atoms with van der Waals surface area (Å²) in [5.74, 6) is 0. The molecule has 0 radical (unpaired) electrons. The molecule has 0 amide bonds. The highest BCUT2D eigenvalue weighted by Crippen LogP contribution is 2.25. The zero-order valence-electron chi connectivity index (χ0n) is 7.95. The monoisotopic (exact) mass is 178 g/mol. The van der Waals surface area contributed by atoms with E-state index in [1.165, 1.54) is 0 Å². The van der Waals surface area contributed by atoms with Gasteiger partial charge in [-0.25, -0.2) is 0 Å². The molecule has 1 N–H and O–H groups in total. The van der Waals surface area contributed by atoms with Gasteiger partial charge in [0.05, 0.1) is 11.3 Å². The molecule has 13 heavy (non-hydrogen) atoms. The Kier molecular flexibility index (Phi) is 2.06. The molecule has 70 valence electrons. The smallest absolute Gasteiger partial charge is 0.152 e. The van der Waals surface area contributed by atoms with E-state index in [2.05, 4.69) is 24.1 Å². The maximum Gasteiger partial charge on any atom is 0.152 e. The van der Waals surface area contributed by atoms with Crippen LogP contribution in [0.3, 0.4) is 0 Å². The molecule has 0 bridgehead atoms. The summed E-state index contributed by atoms with van der Waals surface area (Å²) < 4.78 is 5.76. The van der Waals surface area contributed by atoms with Crippen LogP contribution >= 0.6 is 0 Å². The van der Waals surface area contributed by atoms with Gasteiger partial charge in [-0.15, -0.1) is 0 Å². The van der Waals surface area contributed by atoms with Crippen LogP contribution in [0.5, 0.6) is 0 Å². The summed E-state index contributed by atoms with van der Waals surface area (Å²) in [5.41, 5.74) is 0.871. The Morgan fingerprint density at radius 3 is 2.92 bits per heavy atom. The van der Waals surface area contributed by atoms with E-state index in [0.717, 1.165) is 12.2 Å². The lowest BCUT2D eigenvalue weighted by atomic mass is 10.1. The molecule has 0 saturated carbocycles. The maximum atomic E-state index is 5.76. The summed E-state index contributed by atoms with van der Waals surface area (Å²) in [6.45, 7) is 5.01. The van der Waals surface area contributed by atoms with E-state index in [1.807, 2.05) is 18.2 Å². The van der Waals surface area contributed by atoms with Gasteiger partial charge in [-0.05, 0) is 26.0 Å². The Morgan fingerprint density at radius 2 is 2.38 bits per heavy atom. The van der Waals surface area contributed by atoms with Gasteiger partial charge in [0.25, 0.3) is 0 Å². The molecule has 1 unspecified atom stereocenters. The highest BCUT2D eigenvalue weighted by Gasteiger charge is 2.32. The quantitative estimate of drug-likeness (QED) is 0.707. The molecule has 1 aliphatic heterocycles. The second-order valence-corrected chi connectivity index (χ2v) is 3.89. The van der Waals surface area contributed by atoms with Gasteiger partial charge >= 0.3 is 0 Å². The van der Waals surface area contributed by atoms with Crippen molar-refractivity contribution in [2.45, 2.75) is 25.7 Å². The topological polar surface area (TPSA) is 34.2 Å². The van der Waals surface area contributed by atoms with Gasteiger partial charge in [0, 0.05) is 12.7 Å². The average molecular weight is 178 g/mol. The predicted molar refractivity (Wildman–Crippen MR) is 50.1 cm³/mol. The normalized spacial score (nSPS) is 26.2. The molecule has 1 fully saturated rings. The van der Waals surface area contributed by atoms with Crippen molar-refractivity contribution in [1.82, 2.24) is 10.3 Å². The Morgan fingerprint density at radius 1 is 1.54 bits per heavy atom. The number of aromatic nitrogens is 1. The standard InChI is InChI=1S/C10H14N2O/c1-10(2)7-12-9(13-10)8-5-3-4-6-11-8/h3-6,9,12H,7H2,1-2H3. The lowest BCUT2D eigenvalue weighted by molar-refractivity contribution is -0.0175. The Bertz CT molecular complexity index is 284. The van der Waals surface area contributed by atoms with Gasteiger partial charge in [0.2, 0.25) is 0 Å². The first-order valence-electron chi connectivity index (χ1n) is 4.49. The van der Waals surface area contributed by atoms with Crippen molar-refractivity contribution in [3.8, 4) is 0 Å². The van der Waals surface area contributed by atoms with Crippen molar-refractivity contribution in [2.75, 3.05) is 6.54 Å². The molecule has 2 rings (SSSR count). The molecule has 3 nitrogen and oxygen atoms in total. The number of hydrogen-bond acceptors (Lipinski definition) is 3. The summed E-state index contributed by atoms with van der Waals surface area (Å²) >= 11 is 0. The van der Waals surface area contributed by atoms with Crippen LogP contribution in [0.1, 0.15) is 25.8 Å². The van der Waals surface area contributed by atoms with Crippen LogP contribution in [0, 0.1) is 0 Å². The van der Waals surface area contributed by atoms with E-state index in [1.54, 1.807) is 6.20 Å². The minimum atomic E-state index is -0.0812. The molecule has 3 heteroatoms. The molecule has 0 spiro atoms. The number of ether oxygens (including phenoxy) is 1. The SMILES string of the molecule is CC1(C)CNC(c2ccccn2)O1. The molecule has 1 aromatic rings. The molecule has 1 aliphatic rings. The number of nitrogens with one attached hydrogen (secondary N) is 1. The highest BCUT2D eigenvalue weighted by atomic mass is 16.5. The average Bonchev–Trinajstić information content (AvgIpc) is 2.48. The summed E-state index contributed by atoms with van der Waals surface area (Å²) in [7, 11) is 0. The van der Waals surface area contributed by atoms with Crippen LogP contribution in [0.15, 0.2) is 24.4 Å². The number of rotatable bonds is 1. The first-order chi connectivity index (χ1) is 6.17. The predicted octanol–water partition coefficient (Wildman–Crippen LogP) is 1.48. The lowest BCUT2D eigenvalue weighted by Gasteiger charge is -2.16. The van der Waals surface area contributed by atoms with Crippen molar-refractivity contribution >= 4 is 0 Å². The van der Waals surface area contributed by atoms with Crippen molar-refractivity contribution in [1.29, 1.82) is 0 Å². The molecule has 1 saturated heterocycles. The second-order valence-electron chi connectivity index (χ2n) is 3.89. The Labute approximate surface area is 78.1 Å². The van der Waals surface area contributed by atoms with Crippen molar-refractivity contribution in [3.63, 3.8) is 0 Å². The fourth-order valence-corrected chi connectivity index (χ4v) is 1.44. The molecule has 1 atom stereocenters. The molecular formula is C10H14N2O. The maximum absolute atomic E-state index is 5.76. The van der Waals surface area contributed by atoms with Crippen LogP contribution in [-0.2, 0) is 4.74 Å². The van der Waals surface area contributed by atoms with Gasteiger partial charge < -0.3 is 4.74 Å². The highest BCUT2D eigenvalue weighted by molar-refractivity contribution is 5.08. The third-order valence-corrected chi connectivity index (χ3v) is 2.11. The summed E-state index contributed by atoms with van der Waals surface area (Å²) in [5, 5.41) is 3.28.